The number of rotatable bonds is 15. The molecule has 0 fully saturated rings. The fourth-order valence-corrected chi connectivity index (χ4v) is 3.41. The van der Waals surface area contributed by atoms with Crippen LogP contribution in [0.25, 0.3) is 0 Å². The van der Waals surface area contributed by atoms with Gasteiger partial charge in [0.15, 0.2) is 0 Å². The summed E-state index contributed by atoms with van der Waals surface area (Å²) in [5.41, 5.74) is 1.43. The average molecular weight is 399 g/mol. The van der Waals surface area contributed by atoms with Gasteiger partial charge in [-0.2, -0.15) is 0 Å². The molecule has 0 saturated carbocycles. The molecular formula is C22H41BrN-. The lowest BCUT2D eigenvalue weighted by atomic mass is 10.0. The van der Waals surface area contributed by atoms with E-state index < -0.39 is 0 Å². The lowest BCUT2D eigenvalue weighted by Gasteiger charge is -2.25. The minimum atomic E-state index is 0. The third kappa shape index (κ3) is 13.1. The van der Waals surface area contributed by atoms with Crippen LogP contribution in [0.3, 0.4) is 0 Å². The number of allylic oxidation sites excluding steroid dienone is 3. The van der Waals surface area contributed by atoms with Gasteiger partial charge in [-0.1, -0.05) is 103 Å². The molecule has 1 rings (SSSR count). The van der Waals surface area contributed by atoms with Gasteiger partial charge in [-0.05, 0) is 19.4 Å². The molecule has 0 amide bonds. The Hall–Kier alpha value is -0.240. The maximum Gasteiger partial charge on any atom is 0.0359 e. The molecule has 1 aliphatic heterocycles. The van der Waals surface area contributed by atoms with Crippen molar-refractivity contribution >= 4 is 0 Å². The Morgan fingerprint density at radius 1 is 0.750 bits per heavy atom. The third-order valence-corrected chi connectivity index (χ3v) is 5.08. The highest BCUT2D eigenvalue weighted by molar-refractivity contribution is 5.15. The summed E-state index contributed by atoms with van der Waals surface area (Å²) in [5, 5.41) is 0. The monoisotopic (exact) mass is 398 g/mol. The first-order chi connectivity index (χ1) is 11.3. The molecule has 1 nitrogen and oxygen atoms in total. The predicted octanol–water partition coefficient (Wildman–Crippen LogP) is 4.25. The molecule has 0 aromatic heterocycles. The van der Waals surface area contributed by atoms with E-state index in [1.165, 1.54) is 102 Å². The van der Waals surface area contributed by atoms with Crippen LogP contribution in [0.15, 0.2) is 23.9 Å². The molecule has 142 valence electrons. The second-order valence-corrected chi connectivity index (χ2v) is 7.28. The maximum atomic E-state index is 2.50. The van der Waals surface area contributed by atoms with Crippen LogP contribution in [0.4, 0.5) is 0 Å². The summed E-state index contributed by atoms with van der Waals surface area (Å²) in [4.78, 5) is 2.50. The molecule has 1 heterocycles. The van der Waals surface area contributed by atoms with Gasteiger partial charge < -0.3 is 21.9 Å². The van der Waals surface area contributed by atoms with Crippen molar-refractivity contribution in [3.8, 4) is 0 Å². The number of halogens is 1. The highest BCUT2D eigenvalue weighted by Crippen LogP contribution is 2.14. The van der Waals surface area contributed by atoms with Crippen molar-refractivity contribution in [1.82, 2.24) is 4.90 Å². The van der Waals surface area contributed by atoms with Gasteiger partial charge in [0.25, 0.3) is 0 Å². The van der Waals surface area contributed by atoms with Gasteiger partial charge in [-0.3, -0.25) is 0 Å². The lowest BCUT2D eigenvalue weighted by Crippen LogP contribution is -3.00. The fraction of sp³-hybridized carbons (Fsp3) is 0.818. The highest BCUT2D eigenvalue weighted by Gasteiger charge is 2.05. The van der Waals surface area contributed by atoms with Crippen LogP contribution in [-0.4, -0.2) is 18.0 Å². The first-order valence-electron chi connectivity index (χ1n) is 10.4. The molecule has 0 aliphatic carbocycles. The summed E-state index contributed by atoms with van der Waals surface area (Å²) < 4.78 is 0. The van der Waals surface area contributed by atoms with Crippen molar-refractivity contribution in [2.24, 2.45) is 0 Å². The molecule has 0 spiro atoms. The SMILES string of the molecule is CCCCCCCCCCCCCCCCN1CC=CC=C1C.[Br-]. The first-order valence-corrected chi connectivity index (χ1v) is 10.4. The van der Waals surface area contributed by atoms with E-state index in [-0.39, 0.29) is 17.0 Å². The van der Waals surface area contributed by atoms with E-state index in [0.29, 0.717) is 0 Å². The average Bonchev–Trinajstić information content (AvgIpc) is 2.57. The number of hydrogen-bond donors (Lipinski definition) is 0. The van der Waals surface area contributed by atoms with Gasteiger partial charge in [-0.15, -0.1) is 0 Å². The van der Waals surface area contributed by atoms with Gasteiger partial charge in [0.1, 0.15) is 0 Å². The van der Waals surface area contributed by atoms with E-state index in [9.17, 15) is 0 Å². The normalized spacial score (nSPS) is 13.8. The lowest BCUT2D eigenvalue weighted by molar-refractivity contribution is -0.00000510. The summed E-state index contributed by atoms with van der Waals surface area (Å²) in [7, 11) is 0. The molecule has 0 unspecified atom stereocenters. The first kappa shape index (κ1) is 23.8. The van der Waals surface area contributed by atoms with Crippen LogP contribution < -0.4 is 17.0 Å². The highest BCUT2D eigenvalue weighted by atomic mass is 79.9. The van der Waals surface area contributed by atoms with Crippen molar-refractivity contribution in [2.45, 2.75) is 104 Å². The second kappa shape index (κ2) is 17.6. The second-order valence-electron chi connectivity index (χ2n) is 7.28. The van der Waals surface area contributed by atoms with E-state index in [1.807, 2.05) is 0 Å². The molecule has 0 bridgehead atoms. The predicted molar refractivity (Wildman–Crippen MR) is 105 cm³/mol. The van der Waals surface area contributed by atoms with Crippen LogP contribution >= 0.6 is 0 Å². The molecule has 0 radical (unpaired) electrons. The zero-order chi connectivity index (χ0) is 16.6. The molecule has 1 aliphatic rings. The zero-order valence-corrected chi connectivity index (χ0v) is 18.0. The van der Waals surface area contributed by atoms with Crippen molar-refractivity contribution in [3.63, 3.8) is 0 Å². The Morgan fingerprint density at radius 2 is 1.21 bits per heavy atom. The van der Waals surface area contributed by atoms with Crippen molar-refractivity contribution in [2.75, 3.05) is 13.1 Å². The topological polar surface area (TPSA) is 3.24 Å². The molecule has 0 atom stereocenters. The van der Waals surface area contributed by atoms with Gasteiger partial charge in [0.2, 0.25) is 0 Å². The molecule has 0 N–H and O–H groups in total. The summed E-state index contributed by atoms with van der Waals surface area (Å²) in [6.45, 7) is 6.88. The largest absolute Gasteiger partial charge is 1.00 e. The summed E-state index contributed by atoms with van der Waals surface area (Å²) in [5.74, 6) is 0. The Balaban J connectivity index is 0.00000529. The Labute approximate surface area is 162 Å². The van der Waals surface area contributed by atoms with Gasteiger partial charge in [-0.25, -0.2) is 0 Å². The third-order valence-electron chi connectivity index (χ3n) is 5.08. The molecule has 0 aromatic carbocycles. The minimum Gasteiger partial charge on any atom is -1.00 e. The van der Waals surface area contributed by atoms with Crippen LogP contribution in [0.5, 0.6) is 0 Å². The van der Waals surface area contributed by atoms with Gasteiger partial charge >= 0.3 is 0 Å². The van der Waals surface area contributed by atoms with Crippen molar-refractivity contribution < 1.29 is 17.0 Å². The van der Waals surface area contributed by atoms with E-state index in [2.05, 4.69) is 37.0 Å². The van der Waals surface area contributed by atoms with Gasteiger partial charge in [0, 0.05) is 18.8 Å². The van der Waals surface area contributed by atoms with Crippen molar-refractivity contribution in [1.29, 1.82) is 0 Å². The van der Waals surface area contributed by atoms with Crippen LogP contribution in [0.2, 0.25) is 0 Å². The summed E-state index contributed by atoms with van der Waals surface area (Å²) >= 11 is 0. The van der Waals surface area contributed by atoms with Crippen LogP contribution in [0, 0.1) is 0 Å². The van der Waals surface area contributed by atoms with Crippen LogP contribution in [-0.2, 0) is 0 Å². The van der Waals surface area contributed by atoms with E-state index >= 15 is 0 Å². The number of nitrogens with zero attached hydrogens (tertiary/aromatic N) is 1. The molecule has 2 heteroatoms. The number of unbranched alkanes of at least 4 members (excludes halogenated alkanes) is 13. The molecule has 0 saturated heterocycles. The number of hydrogen-bond acceptors (Lipinski definition) is 1. The molecule has 0 aromatic rings. The maximum absolute atomic E-state index is 2.50. The standard InChI is InChI=1S/C22H41N.BrH/c1-3-4-5-6-7-8-9-10-11-12-13-14-15-17-20-23-21-18-16-19-22(23)2;/h16,18-19H,3-15,17,20-21H2,1-2H3;1H/p-1. The van der Waals surface area contributed by atoms with E-state index in [4.69, 9.17) is 0 Å². The summed E-state index contributed by atoms with van der Waals surface area (Å²) in [6.07, 6.45) is 26.9. The molecule has 24 heavy (non-hydrogen) atoms. The van der Waals surface area contributed by atoms with Crippen molar-refractivity contribution in [3.05, 3.63) is 23.9 Å². The van der Waals surface area contributed by atoms with Gasteiger partial charge in [0.05, 0.1) is 0 Å². The molecular weight excluding hydrogens is 358 g/mol. The summed E-state index contributed by atoms with van der Waals surface area (Å²) in [6, 6.07) is 0. The Morgan fingerprint density at radius 3 is 1.67 bits per heavy atom. The fourth-order valence-electron chi connectivity index (χ4n) is 3.41. The van der Waals surface area contributed by atoms with E-state index in [0.717, 1.165) is 6.54 Å². The minimum absolute atomic E-state index is 0. The Bertz CT molecular complexity index is 322. The zero-order valence-electron chi connectivity index (χ0n) is 16.4. The van der Waals surface area contributed by atoms with Crippen LogP contribution in [0.1, 0.15) is 104 Å². The Kier molecular flexibility index (Phi) is 17.4. The quantitative estimate of drug-likeness (QED) is 0.372. The van der Waals surface area contributed by atoms with E-state index in [1.54, 1.807) is 0 Å². The smallest absolute Gasteiger partial charge is 0.0359 e.